The minimum Gasteiger partial charge on any atom is -0.435 e. The molecule has 26 heavy (non-hydrogen) atoms. The number of nitrogens with two attached hydrogens (primary N) is 1. The third kappa shape index (κ3) is 3.00. The second-order valence-corrected chi connectivity index (χ2v) is 5.87. The SMILES string of the molecule is NC(=O)c1ccc(-c2nc(-c3ccccc3)c(-c3ccccc3)o2)cc1. The van der Waals surface area contributed by atoms with Gasteiger partial charge in [0.25, 0.3) is 0 Å². The van der Waals surface area contributed by atoms with Crippen molar-refractivity contribution in [2.45, 2.75) is 0 Å². The zero-order valence-electron chi connectivity index (χ0n) is 13.9. The fraction of sp³-hybridized carbons (Fsp3) is 0. The minimum absolute atomic E-state index is 0.451. The van der Waals surface area contributed by atoms with E-state index in [1.54, 1.807) is 24.3 Å². The Morgan fingerprint density at radius 1 is 0.731 bits per heavy atom. The summed E-state index contributed by atoms with van der Waals surface area (Å²) in [6, 6.07) is 26.7. The molecule has 0 fully saturated rings. The van der Waals surface area contributed by atoms with Crippen molar-refractivity contribution in [3.05, 3.63) is 90.5 Å². The maximum Gasteiger partial charge on any atom is 0.248 e. The van der Waals surface area contributed by atoms with Gasteiger partial charge in [0, 0.05) is 22.3 Å². The molecule has 0 bridgehead atoms. The number of primary amides is 1. The van der Waals surface area contributed by atoms with Crippen LogP contribution in [0.5, 0.6) is 0 Å². The molecular formula is C22H16N2O2. The van der Waals surface area contributed by atoms with E-state index in [1.807, 2.05) is 60.7 Å². The molecule has 0 aliphatic heterocycles. The normalized spacial score (nSPS) is 10.6. The third-order valence-electron chi connectivity index (χ3n) is 4.13. The fourth-order valence-corrected chi connectivity index (χ4v) is 2.80. The maximum absolute atomic E-state index is 11.3. The highest BCUT2D eigenvalue weighted by Gasteiger charge is 2.17. The molecule has 1 heterocycles. The third-order valence-corrected chi connectivity index (χ3v) is 4.13. The van der Waals surface area contributed by atoms with E-state index in [-0.39, 0.29) is 0 Å². The van der Waals surface area contributed by atoms with Gasteiger partial charge in [-0.25, -0.2) is 4.98 Å². The first-order chi connectivity index (χ1) is 12.7. The van der Waals surface area contributed by atoms with Gasteiger partial charge in [0.05, 0.1) is 0 Å². The standard InChI is InChI=1S/C22H16N2O2/c23-21(25)17-11-13-18(14-12-17)22-24-19(15-7-3-1-4-8-15)20(26-22)16-9-5-2-6-10-16/h1-14H,(H2,23,25). The van der Waals surface area contributed by atoms with Crippen molar-refractivity contribution in [3.63, 3.8) is 0 Å². The van der Waals surface area contributed by atoms with Crippen molar-refractivity contribution in [1.82, 2.24) is 4.98 Å². The molecule has 0 spiro atoms. The number of carbonyl (C=O) groups is 1. The van der Waals surface area contributed by atoms with E-state index in [1.165, 1.54) is 0 Å². The summed E-state index contributed by atoms with van der Waals surface area (Å²) in [5.41, 5.74) is 9.26. The molecule has 4 heteroatoms. The van der Waals surface area contributed by atoms with Crippen LogP contribution in [0, 0.1) is 0 Å². The van der Waals surface area contributed by atoms with Gasteiger partial charge >= 0.3 is 0 Å². The highest BCUT2D eigenvalue weighted by Crippen LogP contribution is 2.35. The van der Waals surface area contributed by atoms with Crippen molar-refractivity contribution < 1.29 is 9.21 Å². The monoisotopic (exact) mass is 340 g/mol. The number of oxazole rings is 1. The van der Waals surface area contributed by atoms with Gasteiger partial charge in [0.15, 0.2) is 5.76 Å². The van der Waals surface area contributed by atoms with Gasteiger partial charge in [0.2, 0.25) is 11.8 Å². The van der Waals surface area contributed by atoms with Crippen LogP contribution in [-0.2, 0) is 0 Å². The Kier molecular flexibility index (Phi) is 4.07. The summed E-state index contributed by atoms with van der Waals surface area (Å²) in [6.45, 7) is 0. The Hall–Kier alpha value is -3.66. The van der Waals surface area contributed by atoms with Gasteiger partial charge in [-0.3, -0.25) is 4.79 Å². The Balaban J connectivity index is 1.85. The summed E-state index contributed by atoms with van der Waals surface area (Å²) < 4.78 is 6.11. The quantitative estimate of drug-likeness (QED) is 0.581. The van der Waals surface area contributed by atoms with Crippen LogP contribution < -0.4 is 5.73 Å². The lowest BCUT2D eigenvalue weighted by Gasteiger charge is -2.00. The molecular weight excluding hydrogens is 324 g/mol. The van der Waals surface area contributed by atoms with Crippen molar-refractivity contribution in [1.29, 1.82) is 0 Å². The second kappa shape index (κ2) is 6.69. The summed E-state index contributed by atoms with van der Waals surface area (Å²) in [5, 5.41) is 0. The van der Waals surface area contributed by atoms with Crippen LogP contribution in [0.25, 0.3) is 34.0 Å². The number of nitrogens with zero attached hydrogens (tertiary/aromatic N) is 1. The predicted octanol–water partition coefficient (Wildman–Crippen LogP) is 4.77. The average molecular weight is 340 g/mol. The lowest BCUT2D eigenvalue weighted by Crippen LogP contribution is -2.10. The van der Waals surface area contributed by atoms with Crippen LogP contribution >= 0.6 is 0 Å². The zero-order chi connectivity index (χ0) is 17.9. The van der Waals surface area contributed by atoms with Crippen LogP contribution in [0.3, 0.4) is 0 Å². The Morgan fingerprint density at radius 2 is 1.31 bits per heavy atom. The summed E-state index contributed by atoms with van der Waals surface area (Å²) >= 11 is 0. The number of aromatic nitrogens is 1. The van der Waals surface area contributed by atoms with Crippen LogP contribution in [-0.4, -0.2) is 10.9 Å². The lowest BCUT2D eigenvalue weighted by atomic mass is 10.1. The summed E-state index contributed by atoms with van der Waals surface area (Å²) in [6.07, 6.45) is 0. The predicted molar refractivity (Wildman–Crippen MR) is 101 cm³/mol. The molecule has 0 saturated heterocycles. The highest BCUT2D eigenvalue weighted by atomic mass is 16.4. The number of carbonyl (C=O) groups excluding carboxylic acids is 1. The number of hydrogen-bond donors (Lipinski definition) is 1. The molecule has 0 aliphatic carbocycles. The molecule has 1 aromatic heterocycles. The number of rotatable bonds is 4. The molecule has 3 aromatic carbocycles. The fourth-order valence-electron chi connectivity index (χ4n) is 2.80. The molecule has 0 aliphatic rings. The van der Waals surface area contributed by atoms with E-state index in [2.05, 4.69) is 0 Å². The minimum atomic E-state index is -0.459. The van der Waals surface area contributed by atoms with Gasteiger partial charge in [-0.05, 0) is 24.3 Å². The van der Waals surface area contributed by atoms with Crippen molar-refractivity contribution in [2.75, 3.05) is 0 Å². The van der Waals surface area contributed by atoms with E-state index in [0.29, 0.717) is 17.2 Å². The van der Waals surface area contributed by atoms with Gasteiger partial charge in [-0.2, -0.15) is 0 Å². The van der Waals surface area contributed by atoms with E-state index in [4.69, 9.17) is 15.1 Å². The van der Waals surface area contributed by atoms with Gasteiger partial charge in [-0.15, -0.1) is 0 Å². The largest absolute Gasteiger partial charge is 0.435 e. The Morgan fingerprint density at radius 3 is 1.88 bits per heavy atom. The first-order valence-electron chi connectivity index (χ1n) is 8.24. The molecule has 0 saturated carbocycles. The summed E-state index contributed by atoms with van der Waals surface area (Å²) in [4.78, 5) is 16.0. The molecule has 1 amide bonds. The lowest BCUT2D eigenvalue weighted by molar-refractivity contribution is 0.100. The maximum atomic E-state index is 11.3. The molecule has 2 N–H and O–H groups in total. The van der Waals surface area contributed by atoms with Crippen molar-refractivity contribution >= 4 is 5.91 Å². The number of amides is 1. The Bertz CT molecular complexity index is 980. The highest BCUT2D eigenvalue weighted by molar-refractivity contribution is 5.93. The molecule has 0 atom stereocenters. The van der Waals surface area contributed by atoms with Crippen molar-refractivity contribution in [2.24, 2.45) is 5.73 Å². The van der Waals surface area contributed by atoms with Crippen LogP contribution in [0.1, 0.15) is 10.4 Å². The van der Waals surface area contributed by atoms with Crippen molar-refractivity contribution in [3.8, 4) is 34.0 Å². The van der Waals surface area contributed by atoms with E-state index in [9.17, 15) is 4.79 Å². The first kappa shape index (κ1) is 15.8. The molecule has 4 nitrogen and oxygen atoms in total. The van der Waals surface area contributed by atoms with Crippen LogP contribution in [0.2, 0.25) is 0 Å². The zero-order valence-corrected chi connectivity index (χ0v) is 13.9. The molecule has 4 aromatic rings. The van der Waals surface area contributed by atoms with Crippen LogP contribution in [0.15, 0.2) is 89.3 Å². The molecule has 0 radical (unpaired) electrons. The van der Waals surface area contributed by atoms with E-state index >= 15 is 0 Å². The second-order valence-electron chi connectivity index (χ2n) is 5.87. The topological polar surface area (TPSA) is 69.1 Å². The van der Waals surface area contributed by atoms with Gasteiger partial charge in [-0.1, -0.05) is 60.7 Å². The molecule has 4 rings (SSSR count). The van der Waals surface area contributed by atoms with Gasteiger partial charge < -0.3 is 10.2 Å². The van der Waals surface area contributed by atoms with Crippen LogP contribution in [0.4, 0.5) is 0 Å². The average Bonchev–Trinajstić information content (AvgIpc) is 3.15. The number of hydrogen-bond acceptors (Lipinski definition) is 3. The van der Waals surface area contributed by atoms with E-state index < -0.39 is 5.91 Å². The first-order valence-corrected chi connectivity index (χ1v) is 8.24. The smallest absolute Gasteiger partial charge is 0.248 e. The molecule has 126 valence electrons. The van der Waals surface area contributed by atoms with E-state index in [0.717, 1.165) is 22.4 Å². The summed E-state index contributed by atoms with van der Waals surface area (Å²) in [7, 11) is 0. The molecule has 0 unspecified atom stereocenters. The van der Waals surface area contributed by atoms with Gasteiger partial charge in [0.1, 0.15) is 5.69 Å². The number of benzene rings is 3. The Labute approximate surface area is 150 Å². The summed E-state index contributed by atoms with van der Waals surface area (Å²) in [5.74, 6) is 0.753.